The number of carboxylic acid groups (broad SMARTS) is 1. The third kappa shape index (κ3) is 3.26. The van der Waals surface area contributed by atoms with E-state index < -0.39 is 23.8 Å². The average Bonchev–Trinajstić information content (AvgIpc) is 3.30. The Morgan fingerprint density at radius 1 is 1.17 bits per heavy atom. The van der Waals surface area contributed by atoms with Crippen molar-refractivity contribution >= 4 is 27.7 Å². The van der Waals surface area contributed by atoms with Crippen LogP contribution in [-0.4, -0.2) is 16.9 Å². The molecule has 0 amide bonds. The van der Waals surface area contributed by atoms with Crippen molar-refractivity contribution in [3.05, 3.63) is 34.3 Å². The van der Waals surface area contributed by atoms with E-state index >= 15 is 0 Å². The Morgan fingerprint density at radius 3 is 2.35 bits per heavy atom. The molecule has 1 aromatic carbocycles. The van der Waals surface area contributed by atoms with Crippen LogP contribution in [0.2, 0.25) is 0 Å². The minimum atomic E-state index is -0.911. The van der Waals surface area contributed by atoms with Gasteiger partial charge in [0, 0.05) is 10.4 Å². The van der Waals surface area contributed by atoms with Crippen LogP contribution in [0.15, 0.2) is 33.9 Å². The van der Waals surface area contributed by atoms with Gasteiger partial charge in [-0.25, -0.2) is 0 Å². The maximum atomic E-state index is 12.9. The number of hydrogen-bond donors (Lipinski definition) is 2. The molecule has 2 aliphatic rings. The van der Waals surface area contributed by atoms with Gasteiger partial charge in [0.15, 0.2) is 5.78 Å². The van der Waals surface area contributed by atoms with Gasteiger partial charge in [0.2, 0.25) is 11.0 Å². The standard InChI is InChI=1S/C16H16BrN3O3/c17-11-3-1-8(2-4-11)14(19-20-18)15(21)12-6-9-5-10(9)7-13(12)16(22)23/h1-4,9-10,12-14,18H,5-7H2/p+1. The van der Waals surface area contributed by atoms with Crippen LogP contribution in [0.1, 0.15) is 30.9 Å². The molecule has 0 heterocycles. The number of carbonyl (C=O) groups is 2. The molecule has 2 N–H and O–H groups in total. The molecule has 5 unspecified atom stereocenters. The first-order valence-corrected chi connectivity index (χ1v) is 8.39. The first kappa shape index (κ1) is 16.0. The summed E-state index contributed by atoms with van der Waals surface area (Å²) in [4.78, 5) is 27.5. The summed E-state index contributed by atoms with van der Waals surface area (Å²) in [5.74, 6) is -1.41. The maximum absolute atomic E-state index is 12.9. The molecule has 6 nitrogen and oxygen atoms in total. The highest BCUT2D eigenvalue weighted by atomic mass is 79.9. The predicted octanol–water partition coefficient (Wildman–Crippen LogP) is 3.36. The van der Waals surface area contributed by atoms with Crippen LogP contribution in [0.5, 0.6) is 0 Å². The van der Waals surface area contributed by atoms with Crippen molar-refractivity contribution < 1.29 is 14.7 Å². The monoisotopic (exact) mass is 378 g/mol. The molecule has 3 rings (SSSR count). The molecule has 23 heavy (non-hydrogen) atoms. The second kappa shape index (κ2) is 6.34. The van der Waals surface area contributed by atoms with Gasteiger partial charge < -0.3 is 5.11 Å². The van der Waals surface area contributed by atoms with Gasteiger partial charge in [-0.05, 0) is 48.8 Å². The summed E-state index contributed by atoms with van der Waals surface area (Å²) in [7, 11) is 0. The number of halogens is 1. The fraction of sp³-hybridized carbons (Fsp3) is 0.500. The van der Waals surface area contributed by atoms with Crippen LogP contribution in [0.3, 0.4) is 0 Å². The molecule has 0 radical (unpaired) electrons. The minimum absolute atomic E-state index is 0.235. The molecule has 0 bridgehead atoms. The van der Waals surface area contributed by atoms with Crippen molar-refractivity contribution in [1.29, 1.82) is 5.53 Å². The van der Waals surface area contributed by atoms with E-state index in [2.05, 4.69) is 26.0 Å². The van der Waals surface area contributed by atoms with E-state index in [4.69, 9.17) is 5.53 Å². The lowest BCUT2D eigenvalue weighted by molar-refractivity contribution is -0.148. The van der Waals surface area contributed by atoms with Crippen molar-refractivity contribution in [3.63, 3.8) is 0 Å². The van der Waals surface area contributed by atoms with Gasteiger partial charge in [-0.1, -0.05) is 28.1 Å². The van der Waals surface area contributed by atoms with Crippen LogP contribution in [0.4, 0.5) is 0 Å². The van der Waals surface area contributed by atoms with E-state index in [9.17, 15) is 14.7 Å². The third-order valence-electron chi connectivity index (χ3n) is 4.98. The zero-order chi connectivity index (χ0) is 16.6. The van der Waals surface area contributed by atoms with E-state index in [0.717, 1.165) is 10.9 Å². The van der Waals surface area contributed by atoms with Gasteiger partial charge in [0.1, 0.15) is 10.6 Å². The van der Waals surface area contributed by atoms with Crippen molar-refractivity contribution in [3.8, 4) is 0 Å². The van der Waals surface area contributed by atoms with E-state index in [0.29, 0.717) is 30.2 Å². The number of carboxylic acids is 1. The van der Waals surface area contributed by atoms with Gasteiger partial charge in [-0.2, -0.15) is 0 Å². The lowest BCUT2D eigenvalue weighted by Crippen LogP contribution is -2.36. The number of fused-ring (bicyclic) bond motifs is 1. The van der Waals surface area contributed by atoms with Crippen molar-refractivity contribution in [2.24, 2.45) is 28.8 Å². The molecule has 1 aromatic rings. The summed E-state index contributed by atoms with van der Waals surface area (Å²) in [6, 6.07) is 6.19. The zero-order valence-electron chi connectivity index (χ0n) is 12.4. The molecule has 0 aliphatic heterocycles. The second-order valence-corrected chi connectivity index (χ2v) is 7.27. The Bertz CT molecular complexity index is 684. The highest BCUT2D eigenvalue weighted by Gasteiger charge is 2.52. The normalized spacial score (nSPS) is 29.8. The summed E-state index contributed by atoms with van der Waals surface area (Å²) in [5.41, 5.74) is 7.63. The molecule has 7 heteroatoms. The Hall–Kier alpha value is -1.85. The van der Waals surface area contributed by atoms with Crippen LogP contribution in [-0.2, 0) is 9.59 Å². The van der Waals surface area contributed by atoms with Crippen LogP contribution >= 0.6 is 15.9 Å². The quantitative estimate of drug-likeness (QED) is 0.605. The van der Waals surface area contributed by atoms with Gasteiger partial charge in [-0.15, -0.1) is 0 Å². The van der Waals surface area contributed by atoms with Gasteiger partial charge in [-0.3, -0.25) is 9.59 Å². The zero-order valence-corrected chi connectivity index (χ0v) is 13.9. The largest absolute Gasteiger partial charge is 0.481 e. The van der Waals surface area contributed by atoms with Crippen LogP contribution in [0, 0.1) is 29.2 Å². The smallest absolute Gasteiger partial charge is 0.307 e. The number of aliphatic carboxylic acids is 1. The molecule has 2 aliphatic carbocycles. The Labute approximate surface area is 141 Å². The van der Waals surface area contributed by atoms with Crippen molar-refractivity contribution in [2.75, 3.05) is 0 Å². The van der Waals surface area contributed by atoms with E-state index in [1.807, 2.05) is 0 Å². The number of carbonyl (C=O) groups excluding carboxylic acids is 1. The van der Waals surface area contributed by atoms with E-state index in [1.54, 1.807) is 24.3 Å². The number of nitrogens with zero attached hydrogens (tertiary/aromatic N) is 2. The third-order valence-corrected chi connectivity index (χ3v) is 5.51. The predicted molar refractivity (Wildman–Crippen MR) is 84.6 cm³/mol. The molecule has 0 aromatic heterocycles. The first-order chi connectivity index (χ1) is 11.0. The number of hydrogen-bond acceptors (Lipinski definition) is 4. The maximum Gasteiger partial charge on any atom is 0.307 e. The van der Waals surface area contributed by atoms with Crippen molar-refractivity contribution in [2.45, 2.75) is 25.3 Å². The van der Waals surface area contributed by atoms with Crippen LogP contribution < -0.4 is 4.91 Å². The summed E-state index contributed by atoms with van der Waals surface area (Å²) in [6.07, 6.45) is 2.21. The average molecular weight is 379 g/mol. The molecular formula is C16H17BrN3O3+. The summed E-state index contributed by atoms with van der Waals surface area (Å²) in [6.45, 7) is 0. The topological polar surface area (TPSA) is 105 Å². The Balaban J connectivity index is 1.89. The van der Waals surface area contributed by atoms with Gasteiger partial charge in [0.05, 0.1) is 5.92 Å². The minimum Gasteiger partial charge on any atom is -0.481 e. The SMILES string of the molecule is N=[N+]=NC(C(=O)C1CC2CC2CC1C(=O)O)c1ccc(Br)cc1. The number of nitrogens with one attached hydrogen (secondary N) is 1. The van der Waals surface area contributed by atoms with E-state index in [1.165, 1.54) is 0 Å². The molecular weight excluding hydrogens is 362 g/mol. The van der Waals surface area contributed by atoms with Gasteiger partial charge >= 0.3 is 5.97 Å². The fourth-order valence-corrected chi connectivity index (χ4v) is 3.91. The molecule has 2 saturated carbocycles. The Morgan fingerprint density at radius 2 is 1.78 bits per heavy atom. The summed E-state index contributed by atoms with van der Waals surface area (Å²) in [5, 5.41) is 13.2. The Kier molecular flexibility index (Phi) is 4.41. The molecule has 120 valence electrons. The molecule has 0 spiro atoms. The van der Waals surface area contributed by atoms with Crippen LogP contribution in [0.25, 0.3) is 0 Å². The fourth-order valence-electron chi connectivity index (χ4n) is 3.65. The lowest BCUT2D eigenvalue weighted by atomic mass is 9.74. The second-order valence-electron chi connectivity index (χ2n) is 6.35. The lowest BCUT2D eigenvalue weighted by Gasteiger charge is -2.27. The molecule has 2 fully saturated rings. The molecule has 5 atom stereocenters. The highest BCUT2D eigenvalue weighted by molar-refractivity contribution is 9.10. The first-order valence-electron chi connectivity index (χ1n) is 7.59. The summed E-state index contributed by atoms with van der Waals surface area (Å²) >= 11 is 3.34. The van der Waals surface area contributed by atoms with Crippen molar-refractivity contribution in [1.82, 2.24) is 4.91 Å². The number of benzene rings is 1. The summed E-state index contributed by atoms with van der Waals surface area (Å²) < 4.78 is 0.872. The number of ketones is 1. The highest BCUT2D eigenvalue weighted by Crippen LogP contribution is 2.54. The van der Waals surface area contributed by atoms with E-state index in [-0.39, 0.29) is 5.78 Å². The number of rotatable bonds is 5. The number of Topliss-reactive ketones (excluding diaryl/α,β-unsaturated/α-hetero) is 1. The van der Waals surface area contributed by atoms with Gasteiger partial charge in [0.25, 0.3) is 0 Å². The molecule has 0 saturated heterocycles.